The first-order valence-corrected chi connectivity index (χ1v) is 12.7. The van der Waals surface area contributed by atoms with Crippen molar-refractivity contribution in [1.82, 2.24) is 30.7 Å². The molecule has 180 valence electrons. The van der Waals surface area contributed by atoms with Crippen LogP contribution in [0.25, 0.3) is 22.0 Å². The van der Waals surface area contributed by atoms with E-state index in [0.29, 0.717) is 22.0 Å². The number of aromatic hydroxyl groups is 1. The number of rotatable bonds is 5. The van der Waals surface area contributed by atoms with Gasteiger partial charge in [0.15, 0.2) is 11.6 Å². The Morgan fingerprint density at radius 1 is 1.23 bits per heavy atom. The third kappa shape index (κ3) is 4.10. The van der Waals surface area contributed by atoms with Crippen molar-refractivity contribution in [1.29, 1.82) is 5.26 Å². The van der Waals surface area contributed by atoms with Gasteiger partial charge in [-0.25, -0.2) is 9.37 Å². The summed E-state index contributed by atoms with van der Waals surface area (Å²) in [6, 6.07) is 6.86. The smallest absolute Gasteiger partial charge is 0.218 e. The Kier molecular flexibility index (Phi) is 5.38. The molecule has 3 aromatic rings. The lowest BCUT2D eigenvalue weighted by Gasteiger charge is -2.52. The minimum absolute atomic E-state index is 0.0206. The molecule has 3 aliphatic rings. The third-order valence-electron chi connectivity index (χ3n) is 7.31. The fourth-order valence-electron chi connectivity index (χ4n) is 5.53. The number of nitrogens with zero attached hydrogens (tertiary/aromatic N) is 7. The summed E-state index contributed by atoms with van der Waals surface area (Å²) in [5, 5.41) is 40.4. The first-order valence-electron chi connectivity index (χ1n) is 11.9. The molecule has 9 nitrogen and oxygen atoms in total. The molecule has 3 fully saturated rings. The van der Waals surface area contributed by atoms with Crippen LogP contribution in [0.15, 0.2) is 24.4 Å². The number of alkyl halides is 1. The average molecular weight is 493 g/mol. The Bertz CT molecular complexity index is 1290. The molecule has 1 aromatic carbocycles. The fourth-order valence-corrected chi connectivity index (χ4v) is 6.16. The van der Waals surface area contributed by atoms with Gasteiger partial charge < -0.3 is 15.3 Å². The van der Waals surface area contributed by atoms with E-state index in [1.54, 1.807) is 24.4 Å². The number of benzene rings is 1. The number of nitrogens with one attached hydrogen (secondary N) is 1. The van der Waals surface area contributed by atoms with Crippen molar-refractivity contribution < 1.29 is 9.50 Å². The Balaban J connectivity index is 1.26. The lowest BCUT2D eigenvalue weighted by atomic mass is 9.74. The second-order valence-electron chi connectivity index (χ2n) is 9.95. The van der Waals surface area contributed by atoms with Crippen LogP contribution < -0.4 is 10.2 Å². The lowest BCUT2D eigenvalue weighted by molar-refractivity contribution is 0.0584. The van der Waals surface area contributed by atoms with Gasteiger partial charge in [0.2, 0.25) is 5.01 Å². The Labute approximate surface area is 206 Å². The SMILES string of the molecule is C[C@]12CCC[C@@H](N1)[C@H](F)[C@H](N(c1cnc(-c3ccc(-c4nnc(C#N)s4)cc3O)nn1)C1CC1)C2. The monoisotopic (exact) mass is 492 g/mol. The first-order chi connectivity index (χ1) is 16.9. The standard InChI is InChI=1S/C24H25FN8OS/c1-24-8-2-3-16(28-24)21(25)17(10-24)33(14-5-6-14)19-12-27-22(31-29-19)15-7-4-13(9-18(15)34)23-32-30-20(11-26)35-23/h4,7,9,12,14,16-17,21,28,34H,2-3,5-6,8,10H2,1H3/t16-,17-,21+,24-/m1/s1. The van der Waals surface area contributed by atoms with Gasteiger partial charge in [-0.3, -0.25) is 0 Å². The molecule has 0 spiro atoms. The van der Waals surface area contributed by atoms with Gasteiger partial charge >= 0.3 is 0 Å². The van der Waals surface area contributed by atoms with Crippen LogP contribution in [-0.4, -0.2) is 60.3 Å². The molecule has 2 aromatic heterocycles. The van der Waals surface area contributed by atoms with E-state index in [1.165, 1.54) is 0 Å². The van der Waals surface area contributed by atoms with E-state index in [9.17, 15) is 5.11 Å². The summed E-state index contributed by atoms with van der Waals surface area (Å²) in [6.07, 6.45) is 6.41. The molecular weight excluding hydrogens is 467 g/mol. The number of aromatic nitrogens is 5. The van der Waals surface area contributed by atoms with Crippen LogP contribution in [0.3, 0.4) is 0 Å². The van der Waals surface area contributed by atoms with E-state index < -0.39 is 6.17 Å². The van der Waals surface area contributed by atoms with Gasteiger partial charge in [-0.1, -0.05) is 17.4 Å². The van der Waals surface area contributed by atoms with Crippen LogP contribution in [0.4, 0.5) is 10.2 Å². The minimum Gasteiger partial charge on any atom is -0.507 e. The molecule has 1 aliphatic carbocycles. The summed E-state index contributed by atoms with van der Waals surface area (Å²) in [5.74, 6) is 0.851. The van der Waals surface area contributed by atoms with Crippen LogP contribution in [0.5, 0.6) is 5.75 Å². The Morgan fingerprint density at radius 2 is 2.09 bits per heavy atom. The highest BCUT2D eigenvalue weighted by atomic mass is 32.1. The number of anilines is 1. The summed E-state index contributed by atoms with van der Waals surface area (Å²) < 4.78 is 15.6. The molecule has 2 saturated heterocycles. The molecule has 6 rings (SSSR count). The number of fused-ring (bicyclic) bond motifs is 2. The molecular formula is C24H25FN8OS. The Morgan fingerprint density at radius 3 is 2.77 bits per heavy atom. The van der Waals surface area contributed by atoms with Crippen molar-refractivity contribution >= 4 is 17.2 Å². The summed E-state index contributed by atoms with van der Waals surface area (Å²) in [6.45, 7) is 2.20. The van der Waals surface area contributed by atoms with Crippen LogP contribution in [-0.2, 0) is 0 Å². The molecule has 2 aliphatic heterocycles. The second kappa shape index (κ2) is 8.46. The van der Waals surface area contributed by atoms with Gasteiger partial charge in [0.05, 0.1) is 17.8 Å². The van der Waals surface area contributed by atoms with Gasteiger partial charge in [-0.15, -0.1) is 20.4 Å². The van der Waals surface area contributed by atoms with Crippen molar-refractivity contribution in [3.63, 3.8) is 0 Å². The maximum absolute atomic E-state index is 15.6. The largest absolute Gasteiger partial charge is 0.507 e. The molecule has 11 heteroatoms. The summed E-state index contributed by atoms with van der Waals surface area (Å²) in [5.41, 5.74) is 1.02. The summed E-state index contributed by atoms with van der Waals surface area (Å²) in [7, 11) is 0. The first kappa shape index (κ1) is 22.2. The van der Waals surface area contributed by atoms with Crippen molar-refractivity contribution in [2.24, 2.45) is 0 Å². The molecule has 0 radical (unpaired) electrons. The molecule has 2 bridgehead atoms. The number of phenolic OH excluding ortho intramolecular Hbond substituents is 1. The normalized spacial score (nSPS) is 27.9. The van der Waals surface area contributed by atoms with Gasteiger partial charge in [0.25, 0.3) is 0 Å². The van der Waals surface area contributed by atoms with Gasteiger partial charge in [-0.2, -0.15) is 5.26 Å². The summed E-state index contributed by atoms with van der Waals surface area (Å²) >= 11 is 1.15. The van der Waals surface area contributed by atoms with Crippen molar-refractivity contribution in [2.75, 3.05) is 4.90 Å². The molecule has 4 atom stereocenters. The number of hydrogen-bond donors (Lipinski definition) is 2. The second-order valence-corrected chi connectivity index (χ2v) is 10.9. The highest BCUT2D eigenvalue weighted by Crippen LogP contribution is 2.42. The maximum atomic E-state index is 15.6. The predicted octanol–water partition coefficient (Wildman–Crippen LogP) is 3.61. The third-order valence-corrected chi connectivity index (χ3v) is 8.18. The van der Waals surface area contributed by atoms with Crippen molar-refractivity contribution in [3.8, 4) is 33.8 Å². The van der Waals surface area contributed by atoms with E-state index in [2.05, 4.69) is 42.5 Å². The van der Waals surface area contributed by atoms with E-state index in [0.717, 1.165) is 49.9 Å². The quantitative estimate of drug-likeness (QED) is 0.549. The Hall–Kier alpha value is -3.23. The van der Waals surface area contributed by atoms with E-state index in [4.69, 9.17) is 5.26 Å². The highest BCUT2D eigenvalue weighted by molar-refractivity contribution is 7.15. The zero-order valence-corrected chi connectivity index (χ0v) is 20.0. The van der Waals surface area contributed by atoms with Crippen LogP contribution in [0.1, 0.15) is 50.5 Å². The topological polar surface area (TPSA) is 124 Å². The van der Waals surface area contributed by atoms with Gasteiger partial charge in [0, 0.05) is 23.2 Å². The predicted molar refractivity (Wildman–Crippen MR) is 129 cm³/mol. The highest BCUT2D eigenvalue weighted by Gasteiger charge is 2.50. The number of hydrogen-bond acceptors (Lipinski definition) is 10. The molecule has 1 saturated carbocycles. The lowest BCUT2D eigenvalue weighted by Crippen LogP contribution is -2.67. The molecule has 2 N–H and O–H groups in total. The number of piperidine rings is 2. The van der Waals surface area contributed by atoms with Gasteiger partial charge in [-0.05, 0) is 57.6 Å². The van der Waals surface area contributed by atoms with Crippen LogP contribution in [0, 0.1) is 11.3 Å². The fraction of sp³-hybridized carbons (Fsp3) is 0.500. The molecule has 0 unspecified atom stereocenters. The maximum Gasteiger partial charge on any atom is 0.218 e. The van der Waals surface area contributed by atoms with Gasteiger partial charge in [0.1, 0.15) is 23.0 Å². The number of nitriles is 1. The van der Waals surface area contributed by atoms with Crippen LogP contribution >= 0.6 is 11.3 Å². The van der Waals surface area contributed by atoms with Crippen LogP contribution in [0.2, 0.25) is 0 Å². The van der Waals surface area contributed by atoms with E-state index >= 15 is 4.39 Å². The minimum atomic E-state index is -0.969. The van der Waals surface area contributed by atoms with E-state index in [-0.39, 0.29) is 40.2 Å². The number of phenols is 1. The number of halogens is 1. The van der Waals surface area contributed by atoms with E-state index in [1.807, 2.05) is 6.07 Å². The summed E-state index contributed by atoms with van der Waals surface area (Å²) in [4.78, 5) is 6.60. The zero-order valence-electron chi connectivity index (χ0n) is 19.2. The molecule has 0 amide bonds. The average Bonchev–Trinajstić information content (AvgIpc) is 3.57. The van der Waals surface area contributed by atoms with Crippen molar-refractivity contribution in [3.05, 3.63) is 29.4 Å². The zero-order chi connectivity index (χ0) is 24.2. The molecule has 4 heterocycles. The van der Waals surface area contributed by atoms with Crippen molar-refractivity contribution in [2.45, 2.75) is 75.3 Å². The molecule has 35 heavy (non-hydrogen) atoms.